The molecule has 0 aromatic rings. The molecule has 0 N–H and O–H groups in total. The molecule has 0 aromatic heterocycles. The number of alkyl halides is 1. The topological polar surface area (TPSA) is 52.6 Å². The lowest BCUT2D eigenvalue weighted by Gasteiger charge is -2.31. The molecule has 0 spiro atoms. The second-order valence-corrected chi connectivity index (χ2v) is 10.3. The zero-order valence-corrected chi connectivity index (χ0v) is 15.0. The van der Waals surface area contributed by atoms with E-state index in [2.05, 4.69) is 0 Å². The molecule has 124 valence electrons. The summed E-state index contributed by atoms with van der Waals surface area (Å²) in [6, 6.07) is 0. The third kappa shape index (κ3) is 6.69. The van der Waals surface area contributed by atoms with Crippen LogP contribution in [0, 0.1) is 11.8 Å². The van der Waals surface area contributed by atoms with Gasteiger partial charge < -0.3 is 14.0 Å². The van der Waals surface area contributed by atoms with Crippen LogP contribution in [-0.2, 0) is 18.8 Å². The normalized spacial score (nSPS) is 16.4. The highest BCUT2D eigenvalue weighted by Gasteiger charge is 2.37. The lowest BCUT2D eigenvalue weighted by Crippen LogP contribution is -2.46. The average Bonchev–Trinajstić information content (AvgIpc) is 2.42. The van der Waals surface area contributed by atoms with Crippen molar-refractivity contribution >= 4 is 20.6 Å². The number of esters is 1. The molecule has 0 heterocycles. The Morgan fingerprint density at radius 2 is 1.90 bits per heavy atom. The minimum Gasteiger partial charge on any atom is -0.469 e. The van der Waals surface area contributed by atoms with Crippen molar-refractivity contribution < 1.29 is 23.1 Å². The van der Waals surface area contributed by atoms with E-state index in [9.17, 15) is 14.0 Å². The number of carbonyl (C=O) groups is 2. The summed E-state index contributed by atoms with van der Waals surface area (Å²) in [5, 5.41) is 0. The Kier molecular flexibility index (Phi) is 8.97. The van der Waals surface area contributed by atoms with Gasteiger partial charge in [0.1, 0.15) is 18.2 Å². The summed E-state index contributed by atoms with van der Waals surface area (Å²) < 4.78 is 24.7. The Balaban J connectivity index is 4.84. The molecule has 0 saturated carbocycles. The molecular weight excluding hydrogens is 291 g/mol. The number of hydrogen-bond donors (Lipinski definition) is 0. The fourth-order valence-electron chi connectivity index (χ4n) is 2.24. The van der Waals surface area contributed by atoms with Crippen molar-refractivity contribution in [1.29, 1.82) is 0 Å². The zero-order chi connectivity index (χ0) is 16.6. The molecule has 0 aliphatic rings. The van der Waals surface area contributed by atoms with Gasteiger partial charge in [0.25, 0.3) is 0 Å². The SMILES string of the molecule is CCCC(F)[Si](C)(C)OC(C=O)CC(C(=O)OC)C(C)C. The molecule has 0 rings (SSSR count). The van der Waals surface area contributed by atoms with E-state index in [0.717, 1.165) is 6.42 Å². The fourth-order valence-corrected chi connectivity index (χ4v) is 4.30. The zero-order valence-electron chi connectivity index (χ0n) is 14.0. The summed E-state index contributed by atoms with van der Waals surface area (Å²) in [7, 11) is -1.28. The molecule has 0 aliphatic heterocycles. The maximum atomic E-state index is 14.1. The average molecular weight is 320 g/mol. The van der Waals surface area contributed by atoms with Crippen LogP contribution in [-0.4, -0.2) is 39.6 Å². The van der Waals surface area contributed by atoms with E-state index < -0.39 is 26.1 Å². The molecule has 0 saturated heterocycles. The van der Waals surface area contributed by atoms with Crippen LogP contribution >= 0.6 is 0 Å². The number of methoxy groups -OCH3 is 1. The summed E-state index contributed by atoms with van der Waals surface area (Å²) in [6.07, 6.45) is 1.33. The number of hydrogen-bond acceptors (Lipinski definition) is 4. The summed E-state index contributed by atoms with van der Waals surface area (Å²) >= 11 is 0. The van der Waals surface area contributed by atoms with Gasteiger partial charge in [-0.1, -0.05) is 27.2 Å². The monoisotopic (exact) mass is 320 g/mol. The number of halogens is 1. The molecule has 0 aliphatic carbocycles. The van der Waals surface area contributed by atoms with Crippen LogP contribution in [0.25, 0.3) is 0 Å². The Labute approximate surface area is 128 Å². The predicted molar refractivity (Wildman–Crippen MR) is 83.2 cm³/mol. The van der Waals surface area contributed by atoms with E-state index in [-0.39, 0.29) is 18.3 Å². The van der Waals surface area contributed by atoms with E-state index in [1.54, 1.807) is 13.1 Å². The van der Waals surface area contributed by atoms with Crippen molar-refractivity contribution in [2.45, 2.75) is 65.0 Å². The van der Waals surface area contributed by atoms with Crippen LogP contribution in [0.1, 0.15) is 40.0 Å². The van der Waals surface area contributed by atoms with Crippen LogP contribution in [0.15, 0.2) is 0 Å². The summed E-state index contributed by atoms with van der Waals surface area (Å²) in [5.41, 5.74) is 0. The van der Waals surface area contributed by atoms with E-state index in [1.165, 1.54) is 7.11 Å². The minimum absolute atomic E-state index is 0.0325. The predicted octanol–water partition coefficient (Wildman–Crippen LogP) is 3.29. The van der Waals surface area contributed by atoms with Crippen LogP contribution in [0.5, 0.6) is 0 Å². The van der Waals surface area contributed by atoms with E-state index in [4.69, 9.17) is 9.16 Å². The molecule has 0 aromatic carbocycles. The van der Waals surface area contributed by atoms with Crippen molar-refractivity contribution in [3.8, 4) is 0 Å². The third-order valence-corrected chi connectivity index (χ3v) is 6.41. The van der Waals surface area contributed by atoms with Crippen molar-refractivity contribution in [3.63, 3.8) is 0 Å². The van der Waals surface area contributed by atoms with Gasteiger partial charge in [0.05, 0.1) is 13.0 Å². The van der Waals surface area contributed by atoms with E-state index >= 15 is 0 Å². The molecule has 3 atom stereocenters. The first-order chi connectivity index (χ1) is 9.69. The van der Waals surface area contributed by atoms with Gasteiger partial charge >= 0.3 is 5.97 Å². The van der Waals surface area contributed by atoms with Gasteiger partial charge in [-0.2, -0.15) is 0 Å². The number of carbonyl (C=O) groups excluding carboxylic acids is 2. The van der Waals surface area contributed by atoms with Crippen molar-refractivity contribution in [2.75, 3.05) is 7.11 Å². The summed E-state index contributed by atoms with van der Waals surface area (Å²) in [5.74, 6) is -1.75. The van der Waals surface area contributed by atoms with Gasteiger partial charge in [0.15, 0.2) is 0 Å². The molecule has 6 heteroatoms. The van der Waals surface area contributed by atoms with Crippen LogP contribution in [0.3, 0.4) is 0 Å². The van der Waals surface area contributed by atoms with Gasteiger partial charge in [0, 0.05) is 0 Å². The van der Waals surface area contributed by atoms with Gasteiger partial charge in [-0.15, -0.1) is 0 Å². The highest BCUT2D eigenvalue weighted by atomic mass is 28.4. The Morgan fingerprint density at radius 1 is 1.33 bits per heavy atom. The van der Waals surface area contributed by atoms with Gasteiger partial charge in [0.2, 0.25) is 8.32 Å². The molecule has 0 radical (unpaired) electrons. The van der Waals surface area contributed by atoms with Gasteiger partial charge in [-0.05, 0) is 31.9 Å². The molecule has 4 nitrogen and oxygen atoms in total. The van der Waals surface area contributed by atoms with Crippen LogP contribution in [0.2, 0.25) is 13.1 Å². The molecule has 0 bridgehead atoms. The Morgan fingerprint density at radius 3 is 2.29 bits per heavy atom. The van der Waals surface area contributed by atoms with Crippen LogP contribution < -0.4 is 0 Å². The lowest BCUT2D eigenvalue weighted by atomic mass is 9.90. The lowest BCUT2D eigenvalue weighted by molar-refractivity contribution is -0.148. The Bertz CT molecular complexity index is 334. The first-order valence-electron chi connectivity index (χ1n) is 7.54. The highest BCUT2D eigenvalue weighted by Crippen LogP contribution is 2.25. The summed E-state index contributed by atoms with van der Waals surface area (Å²) in [4.78, 5) is 23.0. The molecular formula is C15H29FO4Si. The molecule has 3 unspecified atom stereocenters. The third-order valence-electron chi connectivity index (χ3n) is 3.70. The maximum Gasteiger partial charge on any atom is 0.309 e. The van der Waals surface area contributed by atoms with Gasteiger partial charge in [-0.3, -0.25) is 4.79 Å². The second-order valence-electron chi connectivity index (χ2n) is 6.26. The quantitative estimate of drug-likeness (QED) is 0.352. The van der Waals surface area contributed by atoms with E-state index in [1.807, 2.05) is 20.8 Å². The van der Waals surface area contributed by atoms with Crippen LogP contribution in [0.4, 0.5) is 4.39 Å². The highest BCUT2D eigenvalue weighted by molar-refractivity contribution is 6.72. The minimum atomic E-state index is -2.61. The second kappa shape index (κ2) is 9.30. The molecule has 0 fully saturated rings. The standard InChI is InChI=1S/C15H29FO4Si/c1-7-8-14(16)21(5,6)20-12(10-17)9-13(11(2)3)15(18)19-4/h10-14H,7-9H2,1-6H3. The number of aldehydes is 1. The first-order valence-corrected chi connectivity index (χ1v) is 10.5. The van der Waals surface area contributed by atoms with E-state index in [0.29, 0.717) is 12.7 Å². The van der Waals surface area contributed by atoms with Crippen molar-refractivity contribution in [1.82, 2.24) is 0 Å². The van der Waals surface area contributed by atoms with Crippen molar-refractivity contribution in [3.05, 3.63) is 0 Å². The smallest absolute Gasteiger partial charge is 0.309 e. The maximum absolute atomic E-state index is 14.1. The molecule has 0 amide bonds. The Hall–Kier alpha value is -0.753. The summed E-state index contributed by atoms with van der Waals surface area (Å²) in [6.45, 7) is 9.24. The fraction of sp³-hybridized carbons (Fsp3) is 0.867. The largest absolute Gasteiger partial charge is 0.469 e. The van der Waals surface area contributed by atoms with Crippen molar-refractivity contribution in [2.24, 2.45) is 11.8 Å². The first kappa shape index (κ1) is 20.2. The number of rotatable bonds is 10. The molecule has 21 heavy (non-hydrogen) atoms. The number of ether oxygens (including phenoxy) is 1. The van der Waals surface area contributed by atoms with Gasteiger partial charge in [-0.25, -0.2) is 4.39 Å².